The number of nitrogens with one attached hydrogen (secondary N) is 2. The molecule has 0 saturated carbocycles. The molecule has 0 spiro atoms. The summed E-state index contributed by atoms with van der Waals surface area (Å²) in [5.74, 6) is -0.663. The fourth-order valence-corrected chi connectivity index (χ4v) is 4.59. The fraction of sp³-hybridized carbons (Fsp3) is 0.971. The van der Waals surface area contributed by atoms with Crippen molar-refractivity contribution in [3.8, 4) is 0 Å². The molecule has 0 atom stereocenters. The molecule has 0 aliphatic rings. The van der Waals surface area contributed by atoms with Crippen LogP contribution in [0.3, 0.4) is 0 Å². The second-order valence-electron chi connectivity index (χ2n) is 11.6. The zero-order valence-corrected chi connectivity index (χ0v) is 35.8. The molecule has 14 heteroatoms. The van der Waals surface area contributed by atoms with Crippen LogP contribution in [-0.2, 0) is 51.8 Å². The summed E-state index contributed by atoms with van der Waals surface area (Å²) in [7, 11) is 0. The number of hydrogen-bond donors (Lipinski definition) is 4. The van der Waals surface area contributed by atoms with Crippen molar-refractivity contribution in [1.29, 1.82) is 0 Å². The molecule has 0 saturated heterocycles. The number of quaternary nitrogens is 2. The van der Waals surface area contributed by atoms with E-state index in [1.165, 1.54) is 142 Å². The van der Waals surface area contributed by atoms with Crippen molar-refractivity contribution in [2.45, 2.75) is 168 Å². The van der Waals surface area contributed by atoms with Crippen LogP contribution in [0, 0.1) is 0 Å². The Morgan fingerprint density at radius 3 is 1.15 bits per heavy atom. The zero-order valence-electron chi connectivity index (χ0n) is 31.2. The van der Waals surface area contributed by atoms with E-state index < -0.39 is 5.97 Å². The maximum absolute atomic E-state index is 10.1. The second kappa shape index (κ2) is 73.0. The van der Waals surface area contributed by atoms with Gasteiger partial charge in [-0.25, -0.2) is 4.89 Å². The van der Waals surface area contributed by atoms with E-state index in [0.717, 1.165) is 32.1 Å². The Labute approximate surface area is 327 Å². The first-order valence-corrected chi connectivity index (χ1v) is 18.0. The van der Waals surface area contributed by atoms with E-state index in [9.17, 15) is 4.79 Å². The van der Waals surface area contributed by atoms with Gasteiger partial charge in [0, 0.05) is 48.6 Å². The third-order valence-electron chi connectivity index (χ3n) is 7.33. The van der Waals surface area contributed by atoms with Gasteiger partial charge in [-0.2, -0.15) is 13.1 Å². The van der Waals surface area contributed by atoms with Crippen LogP contribution in [0.5, 0.6) is 0 Å². The average Bonchev–Trinajstić information content (AvgIpc) is 2.99. The van der Waals surface area contributed by atoms with Crippen LogP contribution < -0.4 is 10.6 Å². The molecule has 0 bridgehead atoms. The van der Waals surface area contributed by atoms with E-state index in [1.807, 2.05) is 0 Å². The molecule has 0 aromatic carbocycles. The van der Waals surface area contributed by atoms with E-state index in [0.29, 0.717) is 26.1 Å². The molecular formula is C34H84N8O4Pt2-4. The van der Waals surface area contributed by atoms with E-state index in [1.54, 1.807) is 0 Å². The standard InChI is InChI=1S/C14H32N4.C10H22O2.C10H20O2.4H2N.2Pt/c15-9-5-1-3-7-11-17-13-14-18-12-8-4-2-6-10-16;1-2-3-4-5-6-7-8-9-10-12-11;1-2-3-4-5-6-7-8-9-10(11)12;;;;;;/h15-18H,1-14H2;11H,2-10H2,1H3;2-9H2,1H3,(H,11,12);4*1H2;;/q-2;;;4*-1;;/p+2. The van der Waals surface area contributed by atoms with E-state index in [-0.39, 0.29) is 66.7 Å². The van der Waals surface area contributed by atoms with Gasteiger partial charge in [0.05, 0.1) is 19.7 Å². The van der Waals surface area contributed by atoms with Crippen molar-refractivity contribution in [1.82, 2.24) is 0 Å². The van der Waals surface area contributed by atoms with Crippen LogP contribution in [0.15, 0.2) is 0 Å². The van der Waals surface area contributed by atoms with Gasteiger partial charge in [0.15, 0.2) is 0 Å². The second-order valence-corrected chi connectivity index (χ2v) is 11.6. The molecular weight excluding hydrogens is 975 g/mol. The van der Waals surface area contributed by atoms with Crippen molar-refractivity contribution in [3.05, 3.63) is 36.1 Å². The Kier molecular flexibility index (Phi) is 107. The molecule has 0 fully saturated rings. The Bertz CT molecular complexity index is 457. The first-order chi connectivity index (χ1) is 20.6. The van der Waals surface area contributed by atoms with Gasteiger partial charge in [-0.3, -0.25) is 10.1 Å². The summed E-state index contributed by atoms with van der Waals surface area (Å²) in [6.45, 7) is 11.1. The number of carbonyl (C=O) groups is 1. The summed E-state index contributed by atoms with van der Waals surface area (Å²) < 4.78 is 0. The van der Waals surface area contributed by atoms with Crippen LogP contribution >= 0.6 is 0 Å². The molecule has 0 rings (SSSR count). The van der Waals surface area contributed by atoms with Crippen molar-refractivity contribution in [2.24, 2.45) is 0 Å². The normalized spacial score (nSPS) is 9.27. The summed E-state index contributed by atoms with van der Waals surface area (Å²) in [6.07, 6.45) is 28.7. The SMILES string of the molecule is CCCCCCCCCC(=O)O.CCCCCCCCCCOO.[NH-]CCCCCC[NH2+]CC[NH2+]CCCCCC[NH-].[NH2-].[NH2-].[NH2-].[NH2-].[Pt].[Pt]. The van der Waals surface area contributed by atoms with Crippen molar-refractivity contribution in [3.63, 3.8) is 0 Å². The topological polar surface area (TPSA) is 282 Å². The van der Waals surface area contributed by atoms with Gasteiger partial charge in [-0.05, 0) is 38.5 Å². The molecule has 16 N–H and O–H groups in total. The van der Waals surface area contributed by atoms with Crippen LogP contribution in [0.25, 0.3) is 36.1 Å². The number of unbranched alkanes of at least 4 members (excludes halogenated alkanes) is 19. The largest absolute Gasteiger partial charge is 0.693 e. The maximum Gasteiger partial charge on any atom is 0.303 e. The Balaban J connectivity index is -0.0000000656. The third kappa shape index (κ3) is 85.8. The monoisotopic (exact) mass is 1060 g/mol. The van der Waals surface area contributed by atoms with Gasteiger partial charge in [-0.15, -0.1) is 0 Å². The van der Waals surface area contributed by atoms with Gasteiger partial charge in [0.1, 0.15) is 13.1 Å². The quantitative estimate of drug-likeness (QED) is 0.0290. The van der Waals surface area contributed by atoms with Crippen LogP contribution in [0.4, 0.5) is 0 Å². The zero-order chi connectivity index (χ0) is 31.6. The third-order valence-corrected chi connectivity index (χ3v) is 7.33. The number of carboxylic acid groups (broad SMARTS) is 1. The van der Waals surface area contributed by atoms with Crippen LogP contribution in [0.2, 0.25) is 0 Å². The minimum Gasteiger partial charge on any atom is -0.693 e. The minimum absolute atomic E-state index is 0. The molecule has 0 radical (unpaired) electrons. The fourth-order valence-electron chi connectivity index (χ4n) is 4.59. The van der Waals surface area contributed by atoms with Gasteiger partial charge in [0.2, 0.25) is 0 Å². The predicted octanol–water partition coefficient (Wildman–Crippen LogP) is 11.0. The van der Waals surface area contributed by atoms with E-state index in [4.69, 9.17) is 21.8 Å². The predicted molar refractivity (Wildman–Crippen MR) is 201 cm³/mol. The molecule has 0 aromatic rings. The molecule has 0 aliphatic carbocycles. The molecule has 48 heavy (non-hydrogen) atoms. The molecule has 12 nitrogen and oxygen atoms in total. The molecule has 0 aliphatic heterocycles. The summed E-state index contributed by atoms with van der Waals surface area (Å²) in [5.41, 5.74) is 14.1. The van der Waals surface area contributed by atoms with Crippen molar-refractivity contribution >= 4 is 5.97 Å². The molecule has 0 heterocycles. The number of rotatable bonds is 32. The maximum atomic E-state index is 10.1. The first kappa shape index (κ1) is 70.1. The number of hydrogen-bond acceptors (Lipinski definition) is 3. The summed E-state index contributed by atoms with van der Waals surface area (Å²) >= 11 is 0. The van der Waals surface area contributed by atoms with Gasteiger partial charge in [0.25, 0.3) is 0 Å². The van der Waals surface area contributed by atoms with Gasteiger partial charge >= 0.3 is 5.97 Å². The average molecular weight is 1060 g/mol. The van der Waals surface area contributed by atoms with Gasteiger partial charge in [-0.1, -0.05) is 123 Å². The Morgan fingerprint density at radius 1 is 0.500 bits per heavy atom. The summed E-state index contributed by atoms with van der Waals surface area (Å²) in [5, 5.41) is 21.2. The number of aliphatic carboxylic acids is 1. The molecule has 0 unspecified atom stereocenters. The summed E-state index contributed by atoms with van der Waals surface area (Å²) in [4.78, 5) is 14.1. The molecule has 0 aromatic heterocycles. The number of carboxylic acids is 1. The Morgan fingerprint density at radius 2 is 0.812 bits per heavy atom. The number of nitrogens with two attached hydrogens (primary N) is 6. The van der Waals surface area contributed by atoms with E-state index >= 15 is 0 Å². The first-order valence-electron chi connectivity index (χ1n) is 18.0. The molecule has 308 valence electrons. The summed E-state index contributed by atoms with van der Waals surface area (Å²) in [6, 6.07) is 0. The van der Waals surface area contributed by atoms with Crippen molar-refractivity contribution < 1.29 is 72.8 Å². The van der Waals surface area contributed by atoms with Crippen LogP contribution in [0.1, 0.15) is 168 Å². The minimum atomic E-state index is -0.663. The Hall–Kier alpha value is 0.447. The van der Waals surface area contributed by atoms with Gasteiger partial charge < -0.3 is 51.8 Å². The van der Waals surface area contributed by atoms with Crippen molar-refractivity contribution in [2.75, 3.05) is 45.9 Å². The smallest absolute Gasteiger partial charge is 0.303 e. The van der Waals surface area contributed by atoms with Crippen LogP contribution in [-0.4, -0.2) is 62.2 Å². The van der Waals surface area contributed by atoms with E-state index in [2.05, 4.69) is 29.4 Å². The molecule has 0 amide bonds.